The topological polar surface area (TPSA) is 9.23 Å². The zero-order valence-electron chi connectivity index (χ0n) is 10.4. The maximum absolute atomic E-state index is 12.6. The van der Waals surface area contributed by atoms with Gasteiger partial charge in [-0.2, -0.15) is 0 Å². The molecular weight excluding hydrogens is 203 g/mol. The summed E-state index contributed by atoms with van der Waals surface area (Å²) in [5.74, 6) is 0.872. The molecule has 0 fully saturated rings. The van der Waals surface area contributed by atoms with Crippen LogP contribution in [0, 0.1) is 0 Å². The fraction of sp³-hybridized carbons (Fsp3) is 0.571. The van der Waals surface area contributed by atoms with E-state index in [9.17, 15) is 4.39 Å². The highest BCUT2D eigenvalue weighted by molar-refractivity contribution is 5.39. The summed E-state index contributed by atoms with van der Waals surface area (Å²) in [5.41, 5.74) is 2.24. The number of rotatable bonds is 6. The minimum absolute atomic E-state index is 0.0464. The molecule has 0 saturated carbocycles. The molecule has 0 aliphatic carbocycles. The molecule has 90 valence electrons. The van der Waals surface area contributed by atoms with Crippen LogP contribution in [0.15, 0.2) is 18.2 Å². The number of aryl methyl sites for hydroxylation is 1. The molecule has 1 unspecified atom stereocenters. The van der Waals surface area contributed by atoms with Crippen molar-refractivity contribution in [3.8, 4) is 5.75 Å². The first-order valence-corrected chi connectivity index (χ1v) is 6.04. The van der Waals surface area contributed by atoms with E-state index in [4.69, 9.17) is 4.74 Å². The monoisotopic (exact) mass is 224 g/mol. The van der Waals surface area contributed by atoms with Gasteiger partial charge in [0.25, 0.3) is 0 Å². The predicted molar refractivity (Wildman–Crippen MR) is 66.0 cm³/mol. The van der Waals surface area contributed by atoms with Crippen molar-refractivity contribution in [2.75, 3.05) is 13.3 Å². The van der Waals surface area contributed by atoms with Crippen LogP contribution in [0.2, 0.25) is 0 Å². The lowest BCUT2D eigenvalue weighted by atomic mass is 9.99. The summed E-state index contributed by atoms with van der Waals surface area (Å²) in [6.07, 6.45) is 2.11. The third kappa shape index (κ3) is 3.22. The average Bonchev–Trinajstić information content (AvgIpc) is 2.31. The Bertz CT molecular complexity index is 323. The van der Waals surface area contributed by atoms with Crippen LogP contribution in [0.25, 0.3) is 0 Å². The summed E-state index contributed by atoms with van der Waals surface area (Å²) < 4.78 is 18.2. The van der Waals surface area contributed by atoms with Crippen LogP contribution in [-0.2, 0) is 6.42 Å². The van der Waals surface area contributed by atoms with E-state index in [0.717, 1.165) is 24.2 Å². The molecule has 0 spiro atoms. The molecule has 0 saturated heterocycles. The van der Waals surface area contributed by atoms with Gasteiger partial charge in [0.05, 0.1) is 13.3 Å². The third-order valence-corrected chi connectivity index (χ3v) is 2.71. The van der Waals surface area contributed by atoms with E-state index in [2.05, 4.69) is 13.0 Å². The summed E-state index contributed by atoms with van der Waals surface area (Å²) in [4.78, 5) is 0. The molecule has 0 amide bonds. The fourth-order valence-electron chi connectivity index (χ4n) is 1.73. The molecule has 0 aromatic heterocycles. The predicted octanol–water partition coefficient (Wildman–Crippen LogP) is 4.11. The van der Waals surface area contributed by atoms with Gasteiger partial charge in [0.2, 0.25) is 0 Å². The normalized spacial score (nSPS) is 12.5. The van der Waals surface area contributed by atoms with Crippen molar-refractivity contribution >= 4 is 0 Å². The molecule has 16 heavy (non-hydrogen) atoms. The number of benzene rings is 1. The van der Waals surface area contributed by atoms with Crippen molar-refractivity contribution < 1.29 is 9.13 Å². The molecular formula is C14H21FO. The van der Waals surface area contributed by atoms with Gasteiger partial charge in [-0.05, 0) is 30.5 Å². The van der Waals surface area contributed by atoms with E-state index in [-0.39, 0.29) is 12.6 Å². The van der Waals surface area contributed by atoms with E-state index in [0.29, 0.717) is 6.61 Å². The highest BCUT2D eigenvalue weighted by atomic mass is 19.1. The van der Waals surface area contributed by atoms with Crippen molar-refractivity contribution in [1.82, 2.24) is 0 Å². The number of hydrogen-bond donors (Lipinski definition) is 0. The number of hydrogen-bond acceptors (Lipinski definition) is 1. The SMILES string of the molecule is CCCc1ccc(C(C)CF)cc1OCC. The Balaban J connectivity index is 2.96. The standard InChI is InChI=1S/C14H21FO/c1-4-6-12-7-8-13(11(3)10-15)9-14(12)16-5-2/h7-9,11H,4-6,10H2,1-3H3. The summed E-state index contributed by atoms with van der Waals surface area (Å²) in [7, 11) is 0. The number of ether oxygens (including phenoxy) is 1. The molecule has 1 nitrogen and oxygen atoms in total. The van der Waals surface area contributed by atoms with Gasteiger partial charge in [0, 0.05) is 5.92 Å². The Morgan fingerprint density at radius 3 is 2.62 bits per heavy atom. The third-order valence-electron chi connectivity index (χ3n) is 2.71. The van der Waals surface area contributed by atoms with Gasteiger partial charge >= 0.3 is 0 Å². The van der Waals surface area contributed by atoms with E-state index in [1.54, 1.807) is 0 Å². The van der Waals surface area contributed by atoms with Crippen LogP contribution >= 0.6 is 0 Å². The molecule has 0 radical (unpaired) electrons. The fourth-order valence-corrected chi connectivity index (χ4v) is 1.73. The van der Waals surface area contributed by atoms with Crippen molar-refractivity contribution in [3.63, 3.8) is 0 Å². The Labute approximate surface area is 97.6 Å². The minimum atomic E-state index is -0.321. The highest BCUT2D eigenvalue weighted by Crippen LogP contribution is 2.26. The zero-order valence-corrected chi connectivity index (χ0v) is 10.4. The van der Waals surface area contributed by atoms with Crippen LogP contribution < -0.4 is 4.74 Å². The van der Waals surface area contributed by atoms with Gasteiger partial charge in [0.15, 0.2) is 0 Å². The number of halogens is 1. The quantitative estimate of drug-likeness (QED) is 0.706. The van der Waals surface area contributed by atoms with Crippen LogP contribution in [0.4, 0.5) is 4.39 Å². The lowest BCUT2D eigenvalue weighted by molar-refractivity contribution is 0.335. The smallest absolute Gasteiger partial charge is 0.122 e. The Kier molecular flexibility index (Phi) is 5.30. The molecule has 0 aliphatic heterocycles. The van der Waals surface area contributed by atoms with Crippen LogP contribution in [0.3, 0.4) is 0 Å². The van der Waals surface area contributed by atoms with Crippen molar-refractivity contribution in [3.05, 3.63) is 29.3 Å². The van der Waals surface area contributed by atoms with Crippen LogP contribution in [0.1, 0.15) is 44.2 Å². The zero-order chi connectivity index (χ0) is 12.0. The molecule has 0 heterocycles. The van der Waals surface area contributed by atoms with Crippen molar-refractivity contribution in [2.24, 2.45) is 0 Å². The average molecular weight is 224 g/mol. The van der Waals surface area contributed by atoms with E-state index in [1.165, 1.54) is 5.56 Å². The molecule has 2 heteroatoms. The lowest BCUT2D eigenvalue weighted by Gasteiger charge is -2.14. The summed E-state index contributed by atoms with van der Waals surface area (Å²) in [6.45, 7) is 6.35. The van der Waals surface area contributed by atoms with Crippen molar-refractivity contribution in [2.45, 2.75) is 39.5 Å². The van der Waals surface area contributed by atoms with Gasteiger partial charge < -0.3 is 4.74 Å². The summed E-state index contributed by atoms with van der Waals surface area (Å²) >= 11 is 0. The maximum Gasteiger partial charge on any atom is 0.122 e. The van der Waals surface area contributed by atoms with Crippen LogP contribution in [-0.4, -0.2) is 13.3 Å². The van der Waals surface area contributed by atoms with Gasteiger partial charge in [-0.25, -0.2) is 0 Å². The van der Waals surface area contributed by atoms with Gasteiger partial charge in [-0.15, -0.1) is 0 Å². The number of alkyl halides is 1. The van der Waals surface area contributed by atoms with E-state index < -0.39 is 0 Å². The molecule has 0 bridgehead atoms. The molecule has 0 aliphatic rings. The molecule has 0 N–H and O–H groups in total. The largest absolute Gasteiger partial charge is 0.494 e. The highest BCUT2D eigenvalue weighted by Gasteiger charge is 2.09. The minimum Gasteiger partial charge on any atom is -0.494 e. The van der Waals surface area contributed by atoms with Crippen LogP contribution in [0.5, 0.6) is 5.75 Å². The first-order chi connectivity index (χ1) is 7.72. The molecule has 1 aromatic carbocycles. The molecule has 1 aromatic rings. The molecule has 1 atom stereocenters. The molecule has 1 rings (SSSR count). The van der Waals surface area contributed by atoms with E-state index in [1.807, 2.05) is 26.0 Å². The summed E-state index contributed by atoms with van der Waals surface area (Å²) in [5, 5.41) is 0. The second-order valence-electron chi connectivity index (χ2n) is 4.11. The lowest BCUT2D eigenvalue weighted by Crippen LogP contribution is -2.01. The van der Waals surface area contributed by atoms with Gasteiger partial charge in [-0.3, -0.25) is 4.39 Å². The first-order valence-electron chi connectivity index (χ1n) is 6.04. The second-order valence-corrected chi connectivity index (χ2v) is 4.11. The van der Waals surface area contributed by atoms with Gasteiger partial charge in [-0.1, -0.05) is 32.4 Å². The Hall–Kier alpha value is -1.05. The summed E-state index contributed by atoms with van der Waals surface area (Å²) in [6, 6.07) is 6.06. The Morgan fingerprint density at radius 1 is 1.31 bits per heavy atom. The second kappa shape index (κ2) is 6.51. The van der Waals surface area contributed by atoms with Crippen molar-refractivity contribution in [1.29, 1.82) is 0 Å². The Morgan fingerprint density at radius 2 is 2.06 bits per heavy atom. The van der Waals surface area contributed by atoms with Gasteiger partial charge in [0.1, 0.15) is 5.75 Å². The maximum atomic E-state index is 12.6. The van der Waals surface area contributed by atoms with E-state index >= 15 is 0 Å². The first kappa shape index (κ1) is 13.0.